The summed E-state index contributed by atoms with van der Waals surface area (Å²) in [7, 11) is 0. The fraction of sp³-hybridized carbons (Fsp3) is 0.233. The summed E-state index contributed by atoms with van der Waals surface area (Å²) in [6, 6.07) is 15.7. The number of pyridine rings is 1. The summed E-state index contributed by atoms with van der Waals surface area (Å²) in [5.41, 5.74) is 6.35. The van der Waals surface area contributed by atoms with Crippen molar-refractivity contribution in [2.45, 2.75) is 38.4 Å². The third-order valence-corrected chi connectivity index (χ3v) is 9.03. The van der Waals surface area contributed by atoms with Gasteiger partial charge in [0.15, 0.2) is 0 Å². The molecule has 0 saturated carbocycles. The summed E-state index contributed by atoms with van der Waals surface area (Å²) in [4.78, 5) is 7.69. The molecule has 0 amide bonds. The summed E-state index contributed by atoms with van der Waals surface area (Å²) < 4.78 is 0. The second kappa shape index (κ2) is 7.72. The Balaban J connectivity index is 1.57. The van der Waals surface area contributed by atoms with Crippen molar-refractivity contribution < 1.29 is 0 Å². The van der Waals surface area contributed by atoms with Crippen molar-refractivity contribution in [2.75, 3.05) is 0 Å². The molecule has 3 heterocycles. The van der Waals surface area contributed by atoms with Crippen LogP contribution < -0.4 is 0 Å². The van der Waals surface area contributed by atoms with Gasteiger partial charge in [0.1, 0.15) is 4.83 Å². The predicted molar refractivity (Wildman–Crippen MR) is 147 cm³/mol. The number of aryl methyl sites for hydroxylation is 1. The average Bonchev–Trinajstić information content (AvgIpc) is 3.41. The van der Waals surface area contributed by atoms with Crippen LogP contribution in [-0.4, -0.2) is 10.2 Å². The van der Waals surface area contributed by atoms with Crippen molar-refractivity contribution in [3.63, 3.8) is 0 Å². The molecule has 1 nitrogen and oxygen atoms in total. The van der Waals surface area contributed by atoms with Gasteiger partial charge in [0.05, 0.1) is 5.69 Å². The zero-order valence-corrected chi connectivity index (χ0v) is 21.1. The Labute approximate surface area is 203 Å². The Kier molecular flexibility index (Phi) is 4.90. The van der Waals surface area contributed by atoms with Crippen LogP contribution >= 0.6 is 23.1 Å². The molecule has 164 valence electrons. The number of fused-ring (bicyclic) bond motifs is 3. The lowest BCUT2D eigenvalue weighted by molar-refractivity contribution is 0.596. The fourth-order valence-corrected chi connectivity index (χ4v) is 7.26. The van der Waals surface area contributed by atoms with Gasteiger partial charge in [-0.2, -0.15) is 0 Å². The highest BCUT2D eigenvalue weighted by Crippen LogP contribution is 2.48. The Morgan fingerprint density at radius 1 is 0.970 bits per heavy atom. The highest BCUT2D eigenvalue weighted by atomic mass is 32.2. The number of benzene rings is 2. The molecule has 4 aromatic rings. The van der Waals surface area contributed by atoms with E-state index in [1.165, 1.54) is 43.3 Å². The molecule has 0 radical (unpaired) electrons. The number of thiophene rings is 1. The average molecular weight is 466 g/mol. The number of allylic oxidation sites excluding steroid dienone is 4. The quantitative estimate of drug-likeness (QED) is 0.293. The van der Waals surface area contributed by atoms with E-state index in [1.807, 2.05) is 11.8 Å². The van der Waals surface area contributed by atoms with Crippen molar-refractivity contribution in [2.24, 2.45) is 5.92 Å². The Morgan fingerprint density at radius 2 is 1.79 bits per heavy atom. The van der Waals surface area contributed by atoms with Gasteiger partial charge in [-0.05, 0) is 57.8 Å². The van der Waals surface area contributed by atoms with E-state index in [0.29, 0.717) is 11.2 Å². The molecule has 3 heteroatoms. The summed E-state index contributed by atoms with van der Waals surface area (Å²) in [6.07, 6.45) is 11.5. The van der Waals surface area contributed by atoms with Crippen molar-refractivity contribution >= 4 is 49.0 Å². The van der Waals surface area contributed by atoms with Crippen LogP contribution in [0.15, 0.2) is 78.2 Å². The molecule has 2 atom stereocenters. The van der Waals surface area contributed by atoms with Gasteiger partial charge in [-0.25, -0.2) is 4.98 Å². The van der Waals surface area contributed by atoms with Crippen LogP contribution in [0.3, 0.4) is 0 Å². The van der Waals surface area contributed by atoms with Gasteiger partial charge < -0.3 is 0 Å². The first-order valence-electron chi connectivity index (χ1n) is 11.5. The van der Waals surface area contributed by atoms with Crippen LogP contribution in [0, 0.1) is 12.8 Å². The molecule has 2 aromatic heterocycles. The second-order valence-electron chi connectivity index (χ2n) is 10.1. The predicted octanol–water partition coefficient (Wildman–Crippen LogP) is 8.92. The molecule has 0 saturated heterocycles. The molecule has 0 bridgehead atoms. The molecule has 2 aromatic carbocycles. The molecular formula is C30H27NS2. The molecule has 2 unspecified atom stereocenters. The van der Waals surface area contributed by atoms with Crippen LogP contribution in [0.2, 0.25) is 0 Å². The maximum atomic E-state index is 5.17. The minimum atomic E-state index is 0.0558. The maximum Gasteiger partial charge on any atom is 0.124 e. The van der Waals surface area contributed by atoms with E-state index in [0.717, 1.165) is 10.5 Å². The number of hydrogen-bond acceptors (Lipinski definition) is 3. The highest BCUT2D eigenvalue weighted by Gasteiger charge is 2.28. The first-order valence-corrected chi connectivity index (χ1v) is 13.3. The first kappa shape index (κ1) is 20.9. The smallest absolute Gasteiger partial charge is 0.124 e. The SMILES string of the molecule is Cc1csc2nc(-c3cc(C(C)(C)C)c4ccccc4c3)cc(C3=CC4C=CC=CC4S3)c12. The molecular weight excluding hydrogens is 438 g/mol. The van der Waals surface area contributed by atoms with Gasteiger partial charge in [0.2, 0.25) is 0 Å². The van der Waals surface area contributed by atoms with Crippen molar-refractivity contribution in [3.8, 4) is 11.3 Å². The van der Waals surface area contributed by atoms with E-state index in [-0.39, 0.29) is 5.41 Å². The largest absolute Gasteiger partial charge is 0.237 e. The zero-order chi connectivity index (χ0) is 22.7. The highest BCUT2D eigenvalue weighted by molar-refractivity contribution is 8.09. The fourth-order valence-electron chi connectivity index (χ4n) is 5.00. The van der Waals surface area contributed by atoms with E-state index in [2.05, 4.69) is 106 Å². The van der Waals surface area contributed by atoms with E-state index in [9.17, 15) is 0 Å². The molecule has 1 aliphatic heterocycles. The van der Waals surface area contributed by atoms with Crippen molar-refractivity contribution in [3.05, 3.63) is 94.9 Å². The molecule has 6 rings (SSSR count). The molecule has 33 heavy (non-hydrogen) atoms. The van der Waals surface area contributed by atoms with Crippen LogP contribution in [-0.2, 0) is 5.41 Å². The van der Waals surface area contributed by atoms with E-state index >= 15 is 0 Å². The van der Waals surface area contributed by atoms with Gasteiger partial charge >= 0.3 is 0 Å². The normalized spacial score (nSPS) is 19.9. The van der Waals surface area contributed by atoms with Gasteiger partial charge in [-0.1, -0.05) is 75.4 Å². The molecule has 0 N–H and O–H groups in total. The van der Waals surface area contributed by atoms with E-state index < -0.39 is 0 Å². The van der Waals surface area contributed by atoms with Crippen LogP contribution in [0.25, 0.3) is 37.2 Å². The summed E-state index contributed by atoms with van der Waals surface area (Å²) >= 11 is 3.75. The number of thioether (sulfide) groups is 1. The molecule has 0 spiro atoms. The molecule has 2 aliphatic rings. The zero-order valence-electron chi connectivity index (χ0n) is 19.4. The summed E-state index contributed by atoms with van der Waals surface area (Å²) in [5, 5.41) is 6.67. The number of hydrogen-bond donors (Lipinski definition) is 0. The summed E-state index contributed by atoms with van der Waals surface area (Å²) in [5.74, 6) is 0.480. The second-order valence-corrected chi connectivity index (χ2v) is 12.2. The monoisotopic (exact) mass is 465 g/mol. The van der Waals surface area contributed by atoms with Crippen LogP contribution in [0.4, 0.5) is 0 Å². The van der Waals surface area contributed by atoms with Gasteiger partial charge in [0.25, 0.3) is 0 Å². The summed E-state index contributed by atoms with van der Waals surface area (Å²) in [6.45, 7) is 9.11. The number of rotatable bonds is 2. The third-order valence-electron chi connectivity index (χ3n) is 6.69. The van der Waals surface area contributed by atoms with Crippen LogP contribution in [0.1, 0.15) is 37.5 Å². The lowest BCUT2D eigenvalue weighted by Crippen LogP contribution is -2.12. The van der Waals surface area contributed by atoms with Crippen molar-refractivity contribution in [1.82, 2.24) is 4.98 Å². The lowest BCUT2D eigenvalue weighted by atomic mass is 9.82. The van der Waals surface area contributed by atoms with Gasteiger partial charge in [-0.15, -0.1) is 23.1 Å². The molecule has 1 aliphatic carbocycles. The minimum Gasteiger partial charge on any atom is -0.237 e. The third kappa shape index (κ3) is 3.59. The first-order chi connectivity index (χ1) is 15.9. The van der Waals surface area contributed by atoms with Crippen LogP contribution in [0.5, 0.6) is 0 Å². The van der Waals surface area contributed by atoms with E-state index in [1.54, 1.807) is 11.3 Å². The van der Waals surface area contributed by atoms with E-state index in [4.69, 9.17) is 4.98 Å². The van der Waals surface area contributed by atoms with Gasteiger partial charge in [-0.3, -0.25) is 0 Å². The lowest BCUT2D eigenvalue weighted by Gasteiger charge is -2.23. The minimum absolute atomic E-state index is 0.0558. The number of aromatic nitrogens is 1. The topological polar surface area (TPSA) is 12.9 Å². The Hall–Kier alpha value is -2.62. The standard InChI is InChI=1S/C30H27NS2/c1-18-17-32-29-28(18)23(27-15-20-10-6-8-12-26(20)33-27)16-25(31-29)21-13-19-9-5-7-11-22(19)24(14-21)30(2,3)4/h5-17,20,26H,1-4H3. The van der Waals surface area contributed by atoms with Gasteiger partial charge in [0, 0.05) is 32.6 Å². The maximum absolute atomic E-state index is 5.17. The number of nitrogens with zero attached hydrogens (tertiary/aromatic N) is 1. The Bertz CT molecular complexity index is 1490. The molecule has 0 fully saturated rings. The Morgan fingerprint density at radius 3 is 2.61 bits per heavy atom. The van der Waals surface area contributed by atoms with Crippen molar-refractivity contribution in [1.29, 1.82) is 0 Å².